The van der Waals surface area contributed by atoms with Crippen molar-refractivity contribution in [3.05, 3.63) is 47.1 Å². The van der Waals surface area contributed by atoms with Gasteiger partial charge in [0.1, 0.15) is 6.29 Å². The molecule has 1 rings (SSSR count). The van der Waals surface area contributed by atoms with Crippen LogP contribution in [0.1, 0.15) is 47.0 Å². The highest BCUT2D eigenvalue weighted by Gasteiger charge is 2.26. The smallest absolute Gasteiger partial charge is 0.142 e. The summed E-state index contributed by atoms with van der Waals surface area (Å²) in [7, 11) is 0. The first kappa shape index (κ1) is 14.7. The van der Waals surface area contributed by atoms with Gasteiger partial charge in [-0.05, 0) is 50.2 Å². The summed E-state index contributed by atoms with van der Waals surface area (Å²) in [6.45, 7) is 8.94. The van der Waals surface area contributed by atoms with E-state index in [4.69, 9.17) is 0 Å². The van der Waals surface area contributed by atoms with Crippen LogP contribution in [-0.4, -0.2) is 6.29 Å². The maximum Gasteiger partial charge on any atom is 0.142 e. The molecule has 0 unspecified atom stereocenters. The van der Waals surface area contributed by atoms with Gasteiger partial charge in [-0.15, -0.1) is 0 Å². The number of rotatable bonds is 4. The van der Waals surface area contributed by atoms with Crippen molar-refractivity contribution in [2.75, 3.05) is 0 Å². The van der Waals surface area contributed by atoms with E-state index in [-0.39, 0.29) is 5.41 Å². The number of hydrogen-bond donors (Lipinski definition) is 0. The lowest BCUT2D eigenvalue weighted by atomic mass is 9.72. The van der Waals surface area contributed by atoms with E-state index in [0.29, 0.717) is 0 Å². The van der Waals surface area contributed by atoms with Gasteiger partial charge in [-0.1, -0.05) is 49.3 Å². The quantitative estimate of drug-likeness (QED) is 0.395. The van der Waals surface area contributed by atoms with Crippen LogP contribution in [0.3, 0.4) is 0 Å². The van der Waals surface area contributed by atoms with Crippen LogP contribution in [0.25, 0.3) is 0 Å². The fourth-order valence-corrected chi connectivity index (χ4v) is 2.53. The molecule has 0 bridgehead atoms. The van der Waals surface area contributed by atoms with Crippen molar-refractivity contribution >= 4 is 6.29 Å². The third kappa shape index (κ3) is 4.14. The van der Waals surface area contributed by atoms with Gasteiger partial charge in [0.2, 0.25) is 0 Å². The summed E-state index contributed by atoms with van der Waals surface area (Å²) in [5.41, 5.74) is 4.44. The first-order chi connectivity index (χ1) is 8.47. The van der Waals surface area contributed by atoms with Gasteiger partial charge in [-0.25, -0.2) is 0 Å². The molecule has 0 aromatic heterocycles. The van der Waals surface area contributed by atoms with Crippen molar-refractivity contribution in [3.63, 3.8) is 0 Å². The maximum absolute atomic E-state index is 10.2. The molecule has 18 heavy (non-hydrogen) atoms. The highest BCUT2D eigenvalue weighted by molar-refractivity contribution is 5.65. The fraction of sp³-hybridized carbons (Fsp3) is 0.471. The molecule has 0 spiro atoms. The second-order valence-electron chi connectivity index (χ2n) is 5.70. The van der Waals surface area contributed by atoms with Crippen molar-refractivity contribution in [2.45, 2.75) is 47.0 Å². The van der Waals surface area contributed by atoms with Crippen LogP contribution in [0.2, 0.25) is 0 Å². The van der Waals surface area contributed by atoms with Crippen LogP contribution in [0.4, 0.5) is 0 Å². The van der Waals surface area contributed by atoms with E-state index in [1.807, 2.05) is 6.08 Å². The zero-order valence-electron chi connectivity index (χ0n) is 12.0. The molecule has 0 radical (unpaired) electrons. The van der Waals surface area contributed by atoms with E-state index in [1.165, 1.54) is 36.5 Å². The van der Waals surface area contributed by atoms with E-state index >= 15 is 0 Å². The summed E-state index contributed by atoms with van der Waals surface area (Å²) in [6, 6.07) is 0. The minimum atomic E-state index is 0.289. The Morgan fingerprint density at radius 3 is 2.61 bits per heavy atom. The lowest BCUT2D eigenvalue weighted by molar-refractivity contribution is -0.104. The number of aldehydes is 1. The Labute approximate surface area is 111 Å². The third-order valence-corrected chi connectivity index (χ3v) is 3.60. The van der Waals surface area contributed by atoms with Crippen molar-refractivity contribution < 1.29 is 4.79 Å². The summed E-state index contributed by atoms with van der Waals surface area (Å²) in [5.74, 6) is 0. The molecule has 0 aromatic rings. The van der Waals surface area contributed by atoms with Crippen molar-refractivity contribution in [1.29, 1.82) is 0 Å². The normalized spacial score (nSPS) is 21.0. The van der Waals surface area contributed by atoms with Crippen LogP contribution in [0.15, 0.2) is 47.1 Å². The van der Waals surface area contributed by atoms with Crippen LogP contribution >= 0.6 is 0 Å². The first-order valence-corrected chi connectivity index (χ1v) is 6.64. The minimum absolute atomic E-state index is 0.289. The Balaban J connectivity index is 2.85. The lowest BCUT2D eigenvalue weighted by Crippen LogP contribution is -2.19. The summed E-state index contributed by atoms with van der Waals surface area (Å²) in [4.78, 5) is 10.2. The molecule has 0 atom stereocenters. The molecule has 98 valence electrons. The van der Waals surface area contributed by atoms with Crippen molar-refractivity contribution in [3.8, 4) is 0 Å². The van der Waals surface area contributed by atoms with Gasteiger partial charge in [-0.2, -0.15) is 0 Å². The van der Waals surface area contributed by atoms with E-state index in [1.54, 1.807) is 6.08 Å². The predicted molar refractivity (Wildman–Crippen MR) is 78.4 cm³/mol. The summed E-state index contributed by atoms with van der Waals surface area (Å²) < 4.78 is 0. The van der Waals surface area contributed by atoms with Crippen molar-refractivity contribution in [2.24, 2.45) is 5.41 Å². The summed E-state index contributed by atoms with van der Waals surface area (Å²) in [6.07, 6.45) is 14.2. The van der Waals surface area contributed by atoms with E-state index in [2.05, 4.69) is 39.8 Å². The number of allylic oxidation sites excluding steroid dienone is 8. The minimum Gasteiger partial charge on any atom is -0.299 e. The van der Waals surface area contributed by atoms with Crippen LogP contribution in [-0.2, 0) is 4.79 Å². The highest BCUT2D eigenvalue weighted by Crippen LogP contribution is 2.40. The SMILES string of the molecule is CC(C=CC1=C(C)CCCC1(C)C)=CC=CC=O. The molecular formula is C17H24O. The molecule has 0 aliphatic heterocycles. The number of carbonyl (C=O) groups excluding carboxylic acids is 1. The van der Waals surface area contributed by atoms with E-state index in [9.17, 15) is 4.79 Å². The van der Waals surface area contributed by atoms with E-state index in [0.717, 1.165) is 11.9 Å². The lowest BCUT2D eigenvalue weighted by Gasteiger charge is -2.32. The Morgan fingerprint density at radius 2 is 2.00 bits per heavy atom. The van der Waals surface area contributed by atoms with Gasteiger partial charge in [0.15, 0.2) is 0 Å². The molecule has 0 N–H and O–H groups in total. The second-order valence-corrected chi connectivity index (χ2v) is 5.70. The average molecular weight is 244 g/mol. The van der Waals surface area contributed by atoms with Crippen LogP contribution < -0.4 is 0 Å². The highest BCUT2D eigenvalue weighted by atomic mass is 16.1. The van der Waals surface area contributed by atoms with E-state index < -0.39 is 0 Å². The van der Waals surface area contributed by atoms with Crippen molar-refractivity contribution in [1.82, 2.24) is 0 Å². The number of hydrogen-bond acceptors (Lipinski definition) is 1. The standard InChI is InChI=1S/C17H24O/c1-14(8-5-6-13-18)10-11-16-15(2)9-7-12-17(16,3)4/h5-6,8,10-11,13H,7,9,12H2,1-4H3. The molecule has 0 fully saturated rings. The topological polar surface area (TPSA) is 17.1 Å². The van der Waals surface area contributed by atoms with Gasteiger partial charge in [-0.3, -0.25) is 4.79 Å². The summed E-state index contributed by atoms with van der Waals surface area (Å²) in [5, 5.41) is 0. The maximum atomic E-state index is 10.2. The molecule has 1 nitrogen and oxygen atoms in total. The van der Waals surface area contributed by atoms with Crippen LogP contribution in [0.5, 0.6) is 0 Å². The van der Waals surface area contributed by atoms with Crippen LogP contribution in [0, 0.1) is 5.41 Å². The fourth-order valence-electron chi connectivity index (χ4n) is 2.53. The van der Waals surface area contributed by atoms with Gasteiger partial charge < -0.3 is 0 Å². The zero-order valence-corrected chi connectivity index (χ0v) is 12.0. The Kier molecular flexibility index (Phi) is 5.33. The Bertz CT molecular complexity index is 417. The first-order valence-electron chi connectivity index (χ1n) is 6.64. The summed E-state index contributed by atoms with van der Waals surface area (Å²) >= 11 is 0. The Hall–Kier alpha value is -1.37. The number of carbonyl (C=O) groups is 1. The molecule has 0 amide bonds. The largest absolute Gasteiger partial charge is 0.299 e. The average Bonchev–Trinajstić information content (AvgIpc) is 2.28. The molecular weight excluding hydrogens is 220 g/mol. The van der Waals surface area contributed by atoms with Gasteiger partial charge >= 0.3 is 0 Å². The Morgan fingerprint density at radius 1 is 1.28 bits per heavy atom. The zero-order chi connectivity index (χ0) is 13.6. The predicted octanol–water partition coefficient (Wildman–Crippen LogP) is 4.77. The van der Waals surface area contributed by atoms with Gasteiger partial charge in [0, 0.05) is 0 Å². The molecule has 0 heterocycles. The monoisotopic (exact) mass is 244 g/mol. The molecule has 0 saturated heterocycles. The third-order valence-electron chi connectivity index (χ3n) is 3.60. The molecule has 0 saturated carbocycles. The molecule has 1 aliphatic carbocycles. The van der Waals surface area contributed by atoms with Gasteiger partial charge in [0.05, 0.1) is 0 Å². The second kappa shape index (κ2) is 6.53. The molecule has 0 aromatic carbocycles. The molecule has 1 aliphatic rings. The molecule has 1 heteroatoms. The van der Waals surface area contributed by atoms with Gasteiger partial charge in [0.25, 0.3) is 0 Å².